The molecule has 0 amide bonds. The fourth-order valence-corrected chi connectivity index (χ4v) is 2.27. The predicted octanol–water partition coefficient (Wildman–Crippen LogP) is 3.61. The Morgan fingerprint density at radius 3 is 2.48 bits per heavy atom. The molecule has 0 aliphatic rings. The van der Waals surface area contributed by atoms with Crippen LogP contribution in [0.3, 0.4) is 0 Å². The van der Waals surface area contributed by atoms with Gasteiger partial charge >= 0.3 is 5.97 Å². The van der Waals surface area contributed by atoms with Gasteiger partial charge in [-0.1, -0.05) is 30.3 Å². The maximum Gasteiger partial charge on any atom is 0.355 e. The van der Waals surface area contributed by atoms with E-state index in [1.165, 1.54) is 0 Å². The van der Waals surface area contributed by atoms with Crippen LogP contribution in [0.4, 0.5) is 0 Å². The average Bonchev–Trinajstić information content (AvgIpc) is 2.53. The number of para-hydroxylation sites is 1. The number of fused-ring (bicyclic) bond motifs is 1. The molecular formula is C17H13NO3. The number of aromatic carboxylic acids is 1. The number of pyridine rings is 1. The van der Waals surface area contributed by atoms with Crippen LogP contribution < -0.4 is 4.74 Å². The van der Waals surface area contributed by atoms with Crippen molar-refractivity contribution in [3.8, 4) is 16.9 Å². The van der Waals surface area contributed by atoms with Crippen molar-refractivity contribution in [2.24, 2.45) is 0 Å². The van der Waals surface area contributed by atoms with E-state index < -0.39 is 5.97 Å². The number of methoxy groups -OCH3 is 1. The SMILES string of the molecule is COc1ccc(-c2cc3ccccc3nc2C(=O)O)cc1. The molecule has 0 bridgehead atoms. The lowest BCUT2D eigenvalue weighted by atomic mass is 10.0. The van der Waals surface area contributed by atoms with E-state index in [9.17, 15) is 9.90 Å². The molecule has 104 valence electrons. The molecule has 3 aromatic rings. The van der Waals surface area contributed by atoms with Gasteiger partial charge in [0.25, 0.3) is 0 Å². The number of nitrogens with zero attached hydrogens (tertiary/aromatic N) is 1. The summed E-state index contributed by atoms with van der Waals surface area (Å²) in [4.78, 5) is 15.7. The lowest BCUT2D eigenvalue weighted by molar-refractivity contribution is 0.0692. The van der Waals surface area contributed by atoms with Crippen molar-refractivity contribution in [3.05, 3.63) is 60.3 Å². The van der Waals surface area contributed by atoms with Crippen LogP contribution in [0.25, 0.3) is 22.0 Å². The topological polar surface area (TPSA) is 59.4 Å². The van der Waals surface area contributed by atoms with Crippen molar-refractivity contribution in [2.75, 3.05) is 7.11 Å². The van der Waals surface area contributed by atoms with Crippen LogP contribution in [0.2, 0.25) is 0 Å². The molecule has 2 aromatic carbocycles. The van der Waals surface area contributed by atoms with Gasteiger partial charge in [0.15, 0.2) is 5.69 Å². The average molecular weight is 279 g/mol. The smallest absolute Gasteiger partial charge is 0.355 e. The van der Waals surface area contributed by atoms with Gasteiger partial charge in [-0.3, -0.25) is 0 Å². The minimum atomic E-state index is -1.04. The molecule has 3 rings (SSSR count). The highest BCUT2D eigenvalue weighted by Crippen LogP contribution is 2.28. The molecule has 4 nitrogen and oxygen atoms in total. The van der Waals surface area contributed by atoms with E-state index in [-0.39, 0.29) is 5.69 Å². The fourth-order valence-electron chi connectivity index (χ4n) is 2.27. The van der Waals surface area contributed by atoms with Gasteiger partial charge in [0, 0.05) is 10.9 Å². The summed E-state index contributed by atoms with van der Waals surface area (Å²) in [6, 6.07) is 16.6. The first-order valence-electron chi connectivity index (χ1n) is 6.46. The summed E-state index contributed by atoms with van der Waals surface area (Å²) in [5, 5.41) is 10.3. The number of ether oxygens (including phenoxy) is 1. The van der Waals surface area contributed by atoms with Crippen molar-refractivity contribution in [2.45, 2.75) is 0 Å². The van der Waals surface area contributed by atoms with Crippen LogP contribution in [0.5, 0.6) is 5.75 Å². The number of hydrogen-bond donors (Lipinski definition) is 1. The van der Waals surface area contributed by atoms with E-state index in [1.807, 2.05) is 36.4 Å². The Morgan fingerprint density at radius 2 is 1.81 bits per heavy atom. The largest absolute Gasteiger partial charge is 0.497 e. The number of hydrogen-bond acceptors (Lipinski definition) is 3. The summed E-state index contributed by atoms with van der Waals surface area (Å²) in [5.74, 6) is -0.309. The molecule has 0 spiro atoms. The second-order valence-electron chi connectivity index (χ2n) is 4.61. The molecule has 0 aliphatic heterocycles. The Bertz CT molecular complexity index is 810. The van der Waals surface area contributed by atoms with Crippen molar-refractivity contribution >= 4 is 16.9 Å². The molecule has 0 fully saturated rings. The van der Waals surface area contributed by atoms with Crippen molar-refractivity contribution in [3.63, 3.8) is 0 Å². The van der Waals surface area contributed by atoms with E-state index in [2.05, 4.69) is 4.98 Å². The highest BCUT2D eigenvalue weighted by atomic mass is 16.5. The molecule has 0 saturated carbocycles. The predicted molar refractivity (Wildman–Crippen MR) is 80.7 cm³/mol. The highest BCUT2D eigenvalue weighted by molar-refractivity contribution is 5.98. The Balaban J connectivity index is 2.23. The zero-order valence-electron chi connectivity index (χ0n) is 11.4. The van der Waals surface area contributed by atoms with E-state index in [0.29, 0.717) is 11.1 Å². The Morgan fingerprint density at radius 1 is 1.10 bits per heavy atom. The molecule has 4 heteroatoms. The van der Waals surface area contributed by atoms with E-state index in [0.717, 1.165) is 16.7 Å². The van der Waals surface area contributed by atoms with Crippen LogP contribution in [0, 0.1) is 0 Å². The van der Waals surface area contributed by atoms with Crippen LogP contribution in [0.15, 0.2) is 54.6 Å². The second kappa shape index (κ2) is 5.25. The van der Waals surface area contributed by atoms with Crippen LogP contribution >= 0.6 is 0 Å². The third-order valence-electron chi connectivity index (χ3n) is 3.33. The maximum absolute atomic E-state index is 11.5. The van der Waals surface area contributed by atoms with Crippen LogP contribution in [-0.4, -0.2) is 23.2 Å². The fraction of sp³-hybridized carbons (Fsp3) is 0.0588. The molecular weight excluding hydrogens is 266 g/mol. The standard InChI is InChI=1S/C17H13NO3/c1-21-13-8-6-11(7-9-13)14-10-12-4-2-3-5-15(12)18-16(14)17(19)20/h2-10H,1H3,(H,19,20). The molecule has 1 heterocycles. The second-order valence-corrected chi connectivity index (χ2v) is 4.61. The number of aromatic nitrogens is 1. The third kappa shape index (κ3) is 2.43. The van der Waals surface area contributed by atoms with Gasteiger partial charge < -0.3 is 9.84 Å². The first-order chi connectivity index (χ1) is 10.2. The molecule has 21 heavy (non-hydrogen) atoms. The molecule has 1 N–H and O–H groups in total. The number of carbonyl (C=O) groups is 1. The minimum Gasteiger partial charge on any atom is -0.497 e. The molecule has 0 aliphatic carbocycles. The summed E-state index contributed by atoms with van der Waals surface area (Å²) >= 11 is 0. The van der Waals surface area contributed by atoms with E-state index in [4.69, 9.17) is 4.74 Å². The molecule has 0 saturated heterocycles. The van der Waals surface area contributed by atoms with Gasteiger partial charge in [-0.25, -0.2) is 9.78 Å². The summed E-state index contributed by atoms with van der Waals surface area (Å²) in [6.45, 7) is 0. The zero-order valence-corrected chi connectivity index (χ0v) is 11.4. The molecule has 0 radical (unpaired) electrons. The number of carboxylic acids is 1. The van der Waals surface area contributed by atoms with E-state index in [1.54, 1.807) is 25.3 Å². The first kappa shape index (κ1) is 13.1. The quantitative estimate of drug-likeness (QED) is 0.795. The third-order valence-corrected chi connectivity index (χ3v) is 3.33. The maximum atomic E-state index is 11.5. The zero-order chi connectivity index (χ0) is 14.8. The monoisotopic (exact) mass is 279 g/mol. The summed E-state index contributed by atoms with van der Waals surface area (Å²) in [5.41, 5.74) is 2.13. The number of carboxylic acid groups (broad SMARTS) is 1. The summed E-state index contributed by atoms with van der Waals surface area (Å²) in [7, 11) is 1.59. The molecule has 0 atom stereocenters. The summed E-state index contributed by atoms with van der Waals surface area (Å²) in [6.07, 6.45) is 0. The normalized spacial score (nSPS) is 10.5. The van der Waals surface area contributed by atoms with E-state index >= 15 is 0 Å². The summed E-state index contributed by atoms with van der Waals surface area (Å²) < 4.78 is 5.12. The number of rotatable bonds is 3. The highest BCUT2D eigenvalue weighted by Gasteiger charge is 2.15. The Hall–Kier alpha value is -2.88. The van der Waals surface area contributed by atoms with Gasteiger partial charge in [-0.05, 0) is 29.8 Å². The van der Waals surface area contributed by atoms with Gasteiger partial charge in [0.1, 0.15) is 5.75 Å². The van der Waals surface area contributed by atoms with Crippen LogP contribution in [-0.2, 0) is 0 Å². The molecule has 0 unspecified atom stereocenters. The minimum absolute atomic E-state index is 0.0545. The van der Waals surface area contributed by atoms with Gasteiger partial charge in [0.2, 0.25) is 0 Å². The van der Waals surface area contributed by atoms with Gasteiger partial charge in [-0.2, -0.15) is 0 Å². The lowest BCUT2D eigenvalue weighted by Gasteiger charge is -2.09. The van der Waals surface area contributed by atoms with Gasteiger partial charge in [0.05, 0.1) is 12.6 Å². The van der Waals surface area contributed by atoms with Crippen LogP contribution in [0.1, 0.15) is 10.5 Å². The van der Waals surface area contributed by atoms with Crippen molar-refractivity contribution < 1.29 is 14.6 Å². The van der Waals surface area contributed by atoms with Crippen molar-refractivity contribution in [1.82, 2.24) is 4.98 Å². The lowest BCUT2D eigenvalue weighted by Crippen LogP contribution is -2.03. The Labute approximate surface area is 121 Å². The first-order valence-corrected chi connectivity index (χ1v) is 6.46. The van der Waals surface area contributed by atoms with Gasteiger partial charge in [-0.15, -0.1) is 0 Å². The number of benzene rings is 2. The molecule has 1 aromatic heterocycles. The van der Waals surface area contributed by atoms with Crippen molar-refractivity contribution in [1.29, 1.82) is 0 Å². The Kier molecular flexibility index (Phi) is 3.28.